The molecule has 0 spiro atoms. The zero-order chi connectivity index (χ0) is 15.8. The summed E-state index contributed by atoms with van der Waals surface area (Å²) < 4.78 is 3.96. The molecule has 3 aromatic heterocycles. The lowest BCUT2D eigenvalue weighted by Gasteiger charge is -2.33. The van der Waals surface area contributed by atoms with Crippen molar-refractivity contribution in [1.29, 1.82) is 0 Å². The van der Waals surface area contributed by atoms with E-state index in [-0.39, 0.29) is 0 Å². The van der Waals surface area contributed by atoms with Gasteiger partial charge in [-0.1, -0.05) is 0 Å². The highest BCUT2D eigenvalue weighted by atomic mass is 15.4. The number of aryl methyl sites for hydroxylation is 2. The third-order valence-corrected chi connectivity index (χ3v) is 4.46. The van der Waals surface area contributed by atoms with Crippen LogP contribution in [0.2, 0.25) is 0 Å². The predicted octanol–water partition coefficient (Wildman–Crippen LogP) is 1.43. The molecule has 4 rings (SSSR count). The maximum absolute atomic E-state index is 4.42. The van der Waals surface area contributed by atoms with E-state index in [0.717, 1.165) is 49.8 Å². The van der Waals surface area contributed by atoms with Gasteiger partial charge in [0.1, 0.15) is 24.3 Å². The first-order valence-corrected chi connectivity index (χ1v) is 8.06. The van der Waals surface area contributed by atoms with Gasteiger partial charge in [0.2, 0.25) is 0 Å². The van der Waals surface area contributed by atoms with Crippen LogP contribution in [0.15, 0.2) is 18.7 Å². The summed E-state index contributed by atoms with van der Waals surface area (Å²) in [4.78, 5) is 11.0. The van der Waals surface area contributed by atoms with Crippen molar-refractivity contribution in [2.75, 3.05) is 18.0 Å². The number of anilines is 1. The molecule has 1 aliphatic rings. The van der Waals surface area contributed by atoms with Gasteiger partial charge in [0.05, 0.1) is 0 Å². The molecule has 0 amide bonds. The number of fused-ring (bicyclic) bond motifs is 1. The lowest BCUT2D eigenvalue weighted by Crippen LogP contribution is -2.36. The molecule has 0 bridgehead atoms. The second-order valence-corrected chi connectivity index (χ2v) is 5.99. The van der Waals surface area contributed by atoms with E-state index in [1.807, 2.05) is 17.8 Å². The Balaban J connectivity index is 1.68. The van der Waals surface area contributed by atoms with Crippen LogP contribution in [0.4, 0.5) is 5.82 Å². The van der Waals surface area contributed by atoms with Crippen molar-refractivity contribution in [1.82, 2.24) is 34.3 Å². The van der Waals surface area contributed by atoms with E-state index < -0.39 is 0 Å². The van der Waals surface area contributed by atoms with Crippen LogP contribution in [0, 0.1) is 6.92 Å². The Labute approximate surface area is 134 Å². The SMILES string of the molecule is CCn1cnnc1C1CCCN(c2cc(C)nc3ncnn23)C1. The molecule has 4 heterocycles. The predicted molar refractivity (Wildman–Crippen MR) is 85.4 cm³/mol. The van der Waals surface area contributed by atoms with Gasteiger partial charge in [-0.25, -0.2) is 4.98 Å². The summed E-state index contributed by atoms with van der Waals surface area (Å²) in [6.07, 6.45) is 5.64. The molecule has 0 saturated carbocycles. The third kappa shape index (κ3) is 2.43. The number of hydrogen-bond donors (Lipinski definition) is 0. The Morgan fingerprint density at radius 3 is 3.13 bits per heavy atom. The fourth-order valence-corrected chi connectivity index (χ4v) is 3.36. The fraction of sp³-hybridized carbons (Fsp3) is 0.533. The Morgan fingerprint density at radius 1 is 1.35 bits per heavy atom. The maximum Gasteiger partial charge on any atom is 0.254 e. The summed E-state index contributed by atoms with van der Waals surface area (Å²) in [5.41, 5.74) is 0.958. The minimum absolute atomic E-state index is 0.387. The van der Waals surface area contributed by atoms with Crippen molar-refractivity contribution in [2.45, 2.75) is 39.2 Å². The molecule has 1 atom stereocenters. The number of piperidine rings is 1. The second kappa shape index (κ2) is 5.60. The van der Waals surface area contributed by atoms with Crippen LogP contribution in [0.1, 0.15) is 37.2 Å². The van der Waals surface area contributed by atoms with Gasteiger partial charge >= 0.3 is 0 Å². The van der Waals surface area contributed by atoms with Crippen molar-refractivity contribution in [2.24, 2.45) is 0 Å². The highest BCUT2D eigenvalue weighted by Crippen LogP contribution is 2.29. The highest BCUT2D eigenvalue weighted by molar-refractivity contribution is 5.47. The van der Waals surface area contributed by atoms with Crippen LogP contribution in [0.5, 0.6) is 0 Å². The Morgan fingerprint density at radius 2 is 2.26 bits per heavy atom. The zero-order valence-electron chi connectivity index (χ0n) is 13.4. The first kappa shape index (κ1) is 14.1. The molecular weight excluding hydrogens is 292 g/mol. The molecule has 0 N–H and O–H groups in total. The van der Waals surface area contributed by atoms with Crippen LogP contribution < -0.4 is 4.90 Å². The van der Waals surface area contributed by atoms with Crippen molar-refractivity contribution < 1.29 is 0 Å². The molecule has 23 heavy (non-hydrogen) atoms. The van der Waals surface area contributed by atoms with Crippen molar-refractivity contribution in [3.05, 3.63) is 30.2 Å². The standard InChI is InChI=1S/C15H20N8/c1-3-21-10-17-20-14(21)12-5-4-6-22(8-12)13-7-11(2)19-15-16-9-18-23(13)15/h7,9-10,12H,3-6,8H2,1-2H3. The molecular formula is C15H20N8. The lowest BCUT2D eigenvalue weighted by atomic mass is 9.97. The van der Waals surface area contributed by atoms with Crippen molar-refractivity contribution >= 4 is 11.6 Å². The lowest BCUT2D eigenvalue weighted by molar-refractivity contribution is 0.469. The molecule has 3 aromatic rings. The summed E-state index contributed by atoms with van der Waals surface area (Å²) in [5.74, 6) is 3.17. The van der Waals surface area contributed by atoms with Crippen LogP contribution in [0.3, 0.4) is 0 Å². The summed E-state index contributed by atoms with van der Waals surface area (Å²) >= 11 is 0. The summed E-state index contributed by atoms with van der Waals surface area (Å²) in [6.45, 7) is 6.94. The molecule has 0 aliphatic carbocycles. The molecule has 8 nitrogen and oxygen atoms in total. The number of hydrogen-bond acceptors (Lipinski definition) is 6. The van der Waals surface area contributed by atoms with Crippen molar-refractivity contribution in [3.8, 4) is 0 Å². The average molecular weight is 312 g/mol. The average Bonchev–Trinajstić information content (AvgIpc) is 3.22. The number of rotatable bonds is 3. The smallest absolute Gasteiger partial charge is 0.254 e. The Kier molecular flexibility index (Phi) is 3.44. The van der Waals surface area contributed by atoms with E-state index in [1.165, 1.54) is 0 Å². The minimum atomic E-state index is 0.387. The zero-order valence-corrected chi connectivity index (χ0v) is 13.4. The van der Waals surface area contributed by atoms with Crippen molar-refractivity contribution in [3.63, 3.8) is 0 Å². The Bertz CT molecular complexity index is 820. The monoisotopic (exact) mass is 312 g/mol. The summed E-state index contributed by atoms with van der Waals surface area (Å²) in [7, 11) is 0. The molecule has 1 unspecified atom stereocenters. The topological polar surface area (TPSA) is 77.0 Å². The molecule has 1 saturated heterocycles. The van der Waals surface area contributed by atoms with Gasteiger partial charge in [0.15, 0.2) is 0 Å². The van der Waals surface area contributed by atoms with Crippen LogP contribution in [-0.2, 0) is 6.54 Å². The molecule has 120 valence electrons. The van der Waals surface area contributed by atoms with Gasteiger partial charge in [-0.2, -0.15) is 14.6 Å². The van der Waals surface area contributed by atoms with E-state index in [4.69, 9.17) is 0 Å². The first-order valence-electron chi connectivity index (χ1n) is 8.06. The van der Waals surface area contributed by atoms with Gasteiger partial charge in [-0.15, -0.1) is 10.2 Å². The third-order valence-electron chi connectivity index (χ3n) is 4.46. The minimum Gasteiger partial charge on any atom is -0.356 e. The summed E-state index contributed by atoms with van der Waals surface area (Å²) in [5, 5.41) is 12.8. The van der Waals surface area contributed by atoms with E-state index >= 15 is 0 Å². The molecule has 0 radical (unpaired) electrons. The number of nitrogens with zero attached hydrogens (tertiary/aromatic N) is 8. The normalized spacial score (nSPS) is 18.7. The van der Waals surface area contributed by atoms with Crippen LogP contribution in [-0.4, -0.2) is 47.4 Å². The first-order chi connectivity index (χ1) is 11.3. The number of aromatic nitrogens is 7. The van der Waals surface area contributed by atoms with Gasteiger partial charge in [0, 0.05) is 37.3 Å². The molecule has 0 aromatic carbocycles. The van der Waals surface area contributed by atoms with E-state index in [9.17, 15) is 0 Å². The molecule has 1 aliphatic heterocycles. The fourth-order valence-electron chi connectivity index (χ4n) is 3.36. The largest absolute Gasteiger partial charge is 0.356 e. The van der Waals surface area contributed by atoms with Gasteiger partial charge < -0.3 is 9.47 Å². The Hall–Kier alpha value is -2.51. The maximum atomic E-state index is 4.42. The van der Waals surface area contributed by atoms with Gasteiger partial charge in [0.25, 0.3) is 5.78 Å². The van der Waals surface area contributed by atoms with Crippen LogP contribution >= 0.6 is 0 Å². The quantitative estimate of drug-likeness (QED) is 0.728. The summed E-state index contributed by atoms with van der Waals surface area (Å²) in [6, 6.07) is 2.08. The van der Waals surface area contributed by atoms with Gasteiger partial charge in [-0.3, -0.25) is 0 Å². The molecule has 8 heteroatoms. The van der Waals surface area contributed by atoms with E-state index in [1.54, 1.807) is 6.33 Å². The second-order valence-electron chi connectivity index (χ2n) is 5.99. The van der Waals surface area contributed by atoms with Crippen LogP contribution in [0.25, 0.3) is 5.78 Å². The van der Waals surface area contributed by atoms with Gasteiger partial charge in [-0.05, 0) is 26.7 Å². The molecule has 1 fully saturated rings. The van der Waals surface area contributed by atoms with E-state index in [0.29, 0.717) is 11.7 Å². The van der Waals surface area contributed by atoms with E-state index in [2.05, 4.69) is 47.7 Å². The highest BCUT2D eigenvalue weighted by Gasteiger charge is 2.26.